The largest absolute Gasteiger partial charge is 0.451 e. The van der Waals surface area contributed by atoms with Crippen LogP contribution in [-0.2, 0) is 0 Å². The SMILES string of the molecule is CCN(C)c1cc(Oc2cnc(C)nc2N)c(C(C)C)cn1. The van der Waals surface area contributed by atoms with Crippen LogP contribution >= 0.6 is 0 Å². The molecule has 22 heavy (non-hydrogen) atoms. The van der Waals surface area contributed by atoms with Gasteiger partial charge < -0.3 is 15.4 Å². The topological polar surface area (TPSA) is 77.2 Å². The van der Waals surface area contributed by atoms with Crippen LogP contribution in [0.2, 0.25) is 0 Å². The van der Waals surface area contributed by atoms with Gasteiger partial charge in [0.2, 0.25) is 0 Å². The van der Waals surface area contributed by atoms with Crippen molar-refractivity contribution in [3.8, 4) is 11.5 Å². The number of nitrogens with two attached hydrogens (primary N) is 1. The Morgan fingerprint density at radius 2 is 1.95 bits per heavy atom. The maximum absolute atomic E-state index is 5.98. The molecule has 2 aromatic heterocycles. The van der Waals surface area contributed by atoms with E-state index in [4.69, 9.17) is 10.5 Å². The van der Waals surface area contributed by atoms with E-state index in [-0.39, 0.29) is 5.92 Å². The van der Waals surface area contributed by atoms with Crippen molar-refractivity contribution in [2.24, 2.45) is 0 Å². The van der Waals surface area contributed by atoms with Crippen molar-refractivity contribution in [1.29, 1.82) is 0 Å². The molecule has 2 N–H and O–H groups in total. The Hall–Kier alpha value is -2.37. The molecule has 0 aliphatic carbocycles. The smallest absolute Gasteiger partial charge is 0.187 e. The fraction of sp³-hybridized carbons (Fsp3) is 0.438. The van der Waals surface area contributed by atoms with Gasteiger partial charge in [-0.15, -0.1) is 0 Å². The highest BCUT2D eigenvalue weighted by Crippen LogP contribution is 2.33. The Morgan fingerprint density at radius 1 is 1.23 bits per heavy atom. The summed E-state index contributed by atoms with van der Waals surface area (Å²) in [5.41, 5.74) is 6.94. The standard InChI is InChI=1S/C16H23N5O/c1-6-21(5)15-7-13(12(8-19-15)10(2)3)22-14-9-18-11(4)20-16(14)17/h7-10H,6H2,1-5H3,(H2,17,18,20). The van der Waals surface area contributed by atoms with Crippen LogP contribution in [0.5, 0.6) is 11.5 Å². The van der Waals surface area contributed by atoms with E-state index in [1.807, 2.05) is 24.2 Å². The number of nitrogens with zero attached hydrogens (tertiary/aromatic N) is 4. The summed E-state index contributed by atoms with van der Waals surface area (Å²) in [5.74, 6) is 3.30. The molecule has 6 nitrogen and oxygen atoms in total. The number of hydrogen-bond donors (Lipinski definition) is 1. The lowest BCUT2D eigenvalue weighted by atomic mass is 10.0. The molecule has 0 spiro atoms. The van der Waals surface area contributed by atoms with Crippen LogP contribution in [0.1, 0.15) is 38.1 Å². The van der Waals surface area contributed by atoms with E-state index in [0.29, 0.717) is 17.4 Å². The first-order valence-corrected chi connectivity index (χ1v) is 7.40. The summed E-state index contributed by atoms with van der Waals surface area (Å²) in [4.78, 5) is 14.8. The van der Waals surface area contributed by atoms with Crippen molar-refractivity contribution in [2.45, 2.75) is 33.6 Å². The van der Waals surface area contributed by atoms with Gasteiger partial charge in [0.15, 0.2) is 11.6 Å². The number of hydrogen-bond acceptors (Lipinski definition) is 6. The monoisotopic (exact) mass is 301 g/mol. The van der Waals surface area contributed by atoms with E-state index in [1.54, 1.807) is 13.1 Å². The van der Waals surface area contributed by atoms with Gasteiger partial charge in [0.05, 0.1) is 6.20 Å². The highest BCUT2D eigenvalue weighted by atomic mass is 16.5. The second-order valence-electron chi connectivity index (χ2n) is 5.52. The highest BCUT2D eigenvalue weighted by Gasteiger charge is 2.14. The zero-order chi connectivity index (χ0) is 16.3. The number of ether oxygens (including phenoxy) is 1. The number of rotatable bonds is 5. The maximum atomic E-state index is 5.98. The van der Waals surface area contributed by atoms with Gasteiger partial charge >= 0.3 is 0 Å². The molecule has 0 saturated heterocycles. The van der Waals surface area contributed by atoms with E-state index in [2.05, 4.69) is 35.7 Å². The average molecular weight is 301 g/mol. The van der Waals surface area contributed by atoms with Crippen LogP contribution in [0.3, 0.4) is 0 Å². The molecule has 0 amide bonds. The van der Waals surface area contributed by atoms with Crippen molar-refractivity contribution in [3.63, 3.8) is 0 Å². The molecule has 0 atom stereocenters. The third-order valence-corrected chi connectivity index (χ3v) is 3.49. The van der Waals surface area contributed by atoms with Crippen molar-refractivity contribution >= 4 is 11.6 Å². The first-order valence-electron chi connectivity index (χ1n) is 7.40. The molecule has 0 fully saturated rings. The van der Waals surface area contributed by atoms with Crippen molar-refractivity contribution in [1.82, 2.24) is 15.0 Å². The second-order valence-corrected chi connectivity index (χ2v) is 5.52. The lowest BCUT2D eigenvalue weighted by molar-refractivity contribution is 0.469. The van der Waals surface area contributed by atoms with Gasteiger partial charge in [0.1, 0.15) is 17.4 Å². The minimum Gasteiger partial charge on any atom is -0.451 e. The van der Waals surface area contributed by atoms with Crippen LogP contribution in [0.25, 0.3) is 0 Å². The Morgan fingerprint density at radius 3 is 2.55 bits per heavy atom. The molecule has 0 saturated carbocycles. The molecule has 6 heteroatoms. The molecule has 0 aromatic carbocycles. The predicted octanol–water partition coefficient (Wildman–Crippen LogP) is 3.13. The summed E-state index contributed by atoms with van der Waals surface area (Å²) in [6, 6.07) is 1.93. The molecule has 0 unspecified atom stereocenters. The van der Waals surface area contributed by atoms with Crippen molar-refractivity contribution in [3.05, 3.63) is 29.8 Å². The first kappa shape index (κ1) is 16.0. The molecular weight excluding hydrogens is 278 g/mol. The fourth-order valence-corrected chi connectivity index (χ4v) is 2.00. The summed E-state index contributed by atoms with van der Waals surface area (Å²) in [5, 5.41) is 0. The number of pyridine rings is 1. The molecule has 2 aromatic rings. The molecule has 0 aliphatic heterocycles. The Labute approximate surface area is 131 Å². The Kier molecular flexibility index (Phi) is 4.80. The Bertz CT molecular complexity index is 657. The third-order valence-electron chi connectivity index (χ3n) is 3.49. The zero-order valence-corrected chi connectivity index (χ0v) is 13.8. The fourth-order valence-electron chi connectivity index (χ4n) is 2.00. The lowest BCUT2D eigenvalue weighted by Gasteiger charge is -2.19. The van der Waals surface area contributed by atoms with Crippen LogP contribution in [0, 0.1) is 6.92 Å². The zero-order valence-electron chi connectivity index (χ0n) is 13.8. The van der Waals surface area contributed by atoms with Gasteiger partial charge in [0, 0.05) is 31.4 Å². The van der Waals surface area contributed by atoms with Gasteiger partial charge in [-0.1, -0.05) is 13.8 Å². The van der Waals surface area contributed by atoms with Gasteiger partial charge in [-0.3, -0.25) is 0 Å². The van der Waals surface area contributed by atoms with Crippen LogP contribution in [0.15, 0.2) is 18.5 Å². The van der Waals surface area contributed by atoms with Crippen molar-refractivity contribution in [2.75, 3.05) is 24.2 Å². The number of anilines is 2. The van der Waals surface area contributed by atoms with Crippen LogP contribution < -0.4 is 15.4 Å². The summed E-state index contributed by atoms with van der Waals surface area (Å²) in [6.07, 6.45) is 3.46. The van der Waals surface area contributed by atoms with Gasteiger partial charge in [0.25, 0.3) is 0 Å². The van der Waals surface area contributed by atoms with Gasteiger partial charge in [-0.25, -0.2) is 15.0 Å². The molecule has 0 aliphatic rings. The van der Waals surface area contributed by atoms with E-state index in [9.17, 15) is 0 Å². The quantitative estimate of drug-likeness (QED) is 0.914. The number of aryl methyl sites for hydroxylation is 1. The Balaban J connectivity index is 2.42. The third kappa shape index (κ3) is 3.44. The summed E-state index contributed by atoms with van der Waals surface area (Å²) < 4.78 is 5.98. The van der Waals surface area contributed by atoms with E-state index in [0.717, 1.165) is 23.7 Å². The van der Waals surface area contributed by atoms with Crippen LogP contribution in [0.4, 0.5) is 11.6 Å². The minimum absolute atomic E-state index is 0.288. The van der Waals surface area contributed by atoms with Crippen molar-refractivity contribution < 1.29 is 4.74 Å². The van der Waals surface area contributed by atoms with Gasteiger partial charge in [-0.2, -0.15) is 0 Å². The van der Waals surface area contributed by atoms with Gasteiger partial charge in [-0.05, 0) is 19.8 Å². The van der Waals surface area contributed by atoms with E-state index < -0.39 is 0 Å². The van der Waals surface area contributed by atoms with Crippen LogP contribution in [-0.4, -0.2) is 28.5 Å². The number of nitrogen functional groups attached to an aromatic ring is 1. The van der Waals surface area contributed by atoms with E-state index >= 15 is 0 Å². The predicted molar refractivity (Wildman–Crippen MR) is 88.5 cm³/mol. The number of aromatic nitrogens is 3. The molecule has 2 rings (SSSR count). The maximum Gasteiger partial charge on any atom is 0.187 e. The summed E-state index contributed by atoms with van der Waals surface area (Å²) >= 11 is 0. The normalized spacial score (nSPS) is 10.8. The highest BCUT2D eigenvalue weighted by molar-refractivity contribution is 5.52. The molecule has 0 bridgehead atoms. The second kappa shape index (κ2) is 6.60. The minimum atomic E-state index is 0.288. The molecular formula is C16H23N5O. The summed E-state index contributed by atoms with van der Waals surface area (Å²) in [7, 11) is 1.99. The first-order chi connectivity index (χ1) is 10.4. The molecule has 2 heterocycles. The summed E-state index contributed by atoms with van der Waals surface area (Å²) in [6.45, 7) is 8.93. The lowest BCUT2D eigenvalue weighted by Crippen LogP contribution is -2.17. The average Bonchev–Trinajstić information content (AvgIpc) is 2.49. The van der Waals surface area contributed by atoms with E-state index in [1.165, 1.54) is 0 Å². The molecule has 118 valence electrons. The molecule has 0 radical (unpaired) electrons.